The van der Waals surface area contributed by atoms with E-state index in [2.05, 4.69) is 92.7 Å². The second-order valence-electron chi connectivity index (χ2n) is 7.72. The molecule has 0 fully saturated rings. The number of hydrogen-bond donors (Lipinski definition) is 1. The summed E-state index contributed by atoms with van der Waals surface area (Å²) in [7, 11) is 0. The molecular weight excluding hydrogens is 314 g/mol. The van der Waals surface area contributed by atoms with Crippen LogP contribution in [0.5, 0.6) is 0 Å². The van der Waals surface area contributed by atoms with Crippen molar-refractivity contribution in [3.63, 3.8) is 0 Å². The van der Waals surface area contributed by atoms with Gasteiger partial charge in [-0.25, -0.2) is 0 Å². The first-order chi connectivity index (χ1) is 12.6. The maximum atomic E-state index is 6.42. The number of benzene rings is 4. The number of nitrogens with two attached hydrogens (primary N) is 1. The Labute approximate surface area is 154 Å². The third kappa shape index (κ3) is 2.04. The van der Waals surface area contributed by atoms with Gasteiger partial charge in [-0.2, -0.15) is 0 Å². The van der Waals surface area contributed by atoms with Gasteiger partial charge in [0.25, 0.3) is 0 Å². The monoisotopic (exact) mass is 335 g/mol. The van der Waals surface area contributed by atoms with Gasteiger partial charge in [-0.15, -0.1) is 0 Å². The maximum Gasteiger partial charge on any atom is 0.0400 e. The molecule has 0 unspecified atom stereocenters. The maximum absolute atomic E-state index is 6.42. The lowest BCUT2D eigenvalue weighted by Gasteiger charge is -2.22. The summed E-state index contributed by atoms with van der Waals surface area (Å²) >= 11 is 0. The van der Waals surface area contributed by atoms with Crippen LogP contribution < -0.4 is 5.73 Å². The largest absolute Gasteiger partial charge is 0.398 e. The molecule has 4 aromatic rings. The Morgan fingerprint density at radius 1 is 0.615 bits per heavy atom. The van der Waals surface area contributed by atoms with Crippen LogP contribution >= 0.6 is 0 Å². The van der Waals surface area contributed by atoms with Crippen LogP contribution in [0.2, 0.25) is 0 Å². The van der Waals surface area contributed by atoms with E-state index in [1.54, 1.807) is 0 Å². The smallest absolute Gasteiger partial charge is 0.0400 e. The van der Waals surface area contributed by atoms with E-state index in [-0.39, 0.29) is 5.41 Å². The molecule has 0 aliphatic heterocycles. The average molecular weight is 335 g/mol. The van der Waals surface area contributed by atoms with Crippen molar-refractivity contribution in [2.45, 2.75) is 19.3 Å². The van der Waals surface area contributed by atoms with Crippen molar-refractivity contribution in [3.05, 3.63) is 90.0 Å². The number of hydrogen-bond acceptors (Lipinski definition) is 1. The van der Waals surface area contributed by atoms with Crippen LogP contribution in [0, 0.1) is 0 Å². The molecule has 1 heteroatoms. The van der Waals surface area contributed by atoms with E-state index < -0.39 is 0 Å². The van der Waals surface area contributed by atoms with E-state index >= 15 is 0 Å². The Morgan fingerprint density at radius 3 is 2.08 bits per heavy atom. The van der Waals surface area contributed by atoms with Gasteiger partial charge in [0, 0.05) is 16.7 Å². The van der Waals surface area contributed by atoms with Crippen LogP contribution in [0.1, 0.15) is 25.0 Å². The first-order valence-corrected chi connectivity index (χ1v) is 9.09. The minimum atomic E-state index is 0.00749. The lowest BCUT2D eigenvalue weighted by Crippen LogP contribution is -2.14. The van der Waals surface area contributed by atoms with Crippen molar-refractivity contribution in [2.24, 2.45) is 0 Å². The van der Waals surface area contributed by atoms with Gasteiger partial charge in [0.1, 0.15) is 0 Å². The second kappa shape index (κ2) is 5.22. The van der Waals surface area contributed by atoms with Gasteiger partial charge in [-0.1, -0.05) is 74.5 Å². The van der Waals surface area contributed by atoms with Gasteiger partial charge in [0.05, 0.1) is 0 Å². The predicted octanol–water partition coefficient (Wildman–Crippen LogP) is 6.40. The normalized spacial score (nSPS) is 14.2. The fraction of sp³-hybridized carbons (Fsp3) is 0.120. The summed E-state index contributed by atoms with van der Waals surface area (Å²) in [4.78, 5) is 0. The van der Waals surface area contributed by atoms with Gasteiger partial charge in [-0.05, 0) is 56.8 Å². The highest BCUT2D eigenvalue weighted by Crippen LogP contribution is 2.49. The average Bonchev–Trinajstić information content (AvgIpc) is 2.89. The molecule has 0 saturated carbocycles. The minimum Gasteiger partial charge on any atom is -0.398 e. The molecule has 1 nitrogen and oxygen atoms in total. The molecule has 126 valence electrons. The summed E-state index contributed by atoms with van der Waals surface area (Å²) < 4.78 is 0. The molecule has 0 amide bonds. The highest BCUT2D eigenvalue weighted by Gasteiger charge is 2.35. The Morgan fingerprint density at radius 2 is 1.27 bits per heavy atom. The minimum absolute atomic E-state index is 0.00749. The van der Waals surface area contributed by atoms with Gasteiger partial charge >= 0.3 is 0 Å². The molecule has 0 atom stereocenters. The quantitative estimate of drug-likeness (QED) is 0.400. The van der Waals surface area contributed by atoms with Crippen molar-refractivity contribution in [3.8, 4) is 22.3 Å². The second-order valence-corrected chi connectivity index (χ2v) is 7.72. The van der Waals surface area contributed by atoms with E-state index in [1.807, 2.05) is 0 Å². The predicted molar refractivity (Wildman–Crippen MR) is 111 cm³/mol. The number of anilines is 1. The van der Waals surface area contributed by atoms with Crippen molar-refractivity contribution in [1.82, 2.24) is 0 Å². The highest BCUT2D eigenvalue weighted by molar-refractivity contribution is 5.94. The van der Waals surface area contributed by atoms with Crippen LogP contribution in [0.25, 0.3) is 33.0 Å². The molecule has 0 radical (unpaired) electrons. The molecule has 0 saturated heterocycles. The van der Waals surface area contributed by atoms with E-state index in [0.717, 1.165) is 11.3 Å². The van der Waals surface area contributed by atoms with Gasteiger partial charge < -0.3 is 5.73 Å². The highest BCUT2D eigenvalue weighted by atomic mass is 14.6. The molecule has 2 N–H and O–H groups in total. The zero-order valence-electron chi connectivity index (χ0n) is 15.1. The Hall–Kier alpha value is -3.06. The zero-order chi connectivity index (χ0) is 17.9. The molecule has 0 bridgehead atoms. The van der Waals surface area contributed by atoms with Crippen molar-refractivity contribution in [2.75, 3.05) is 5.73 Å². The number of nitrogen functional groups attached to an aromatic ring is 1. The van der Waals surface area contributed by atoms with Crippen LogP contribution in [0.4, 0.5) is 5.69 Å². The molecule has 26 heavy (non-hydrogen) atoms. The standard InChI is InChI=1S/C25H21N/c1-25(2)22-10-6-5-9-19(22)20-12-11-18(14-23(20)25)21-13-16-7-3-4-8-17(16)15-24(21)26/h3-15H,26H2,1-2H3. The molecule has 0 spiro atoms. The van der Waals surface area contributed by atoms with Crippen molar-refractivity contribution >= 4 is 16.5 Å². The van der Waals surface area contributed by atoms with E-state index in [0.29, 0.717) is 0 Å². The van der Waals surface area contributed by atoms with Crippen LogP contribution in [-0.2, 0) is 5.41 Å². The van der Waals surface area contributed by atoms with Gasteiger partial charge in [0.15, 0.2) is 0 Å². The molecule has 0 heterocycles. The molecule has 5 rings (SSSR count). The van der Waals surface area contributed by atoms with Gasteiger partial charge in [-0.3, -0.25) is 0 Å². The Kier molecular flexibility index (Phi) is 3.05. The molecule has 0 aromatic heterocycles. The molecule has 4 aromatic carbocycles. The first kappa shape index (κ1) is 15.2. The zero-order valence-corrected chi connectivity index (χ0v) is 15.1. The van der Waals surface area contributed by atoms with Crippen molar-refractivity contribution < 1.29 is 0 Å². The molecule has 1 aliphatic carbocycles. The SMILES string of the molecule is CC1(C)c2ccccc2-c2ccc(-c3cc4ccccc4cc3N)cc21. The number of rotatable bonds is 1. The van der Waals surface area contributed by atoms with Gasteiger partial charge in [0.2, 0.25) is 0 Å². The fourth-order valence-electron chi connectivity index (χ4n) is 4.38. The first-order valence-electron chi connectivity index (χ1n) is 9.09. The molecular formula is C25H21N. The fourth-order valence-corrected chi connectivity index (χ4v) is 4.38. The summed E-state index contributed by atoms with van der Waals surface area (Å²) in [5.74, 6) is 0. The van der Waals surface area contributed by atoms with Crippen LogP contribution in [0.3, 0.4) is 0 Å². The topological polar surface area (TPSA) is 26.0 Å². The van der Waals surface area contributed by atoms with Crippen LogP contribution in [0.15, 0.2) is 78.9 Å². The summed E-state index contributed by atoms with van der Waals surface area (Å²) in [6.07, 6.45) is 0. The Bertz CT molecular complexity index is 1170. The number of fused-ring (bicyclic) bond motifs is 4. The molecule has 1 aliphatic rings. The summed E-state index contributed by atoms with van der Waals surface area (Å²) in [6, 6.07) is 28.2. The van der Waals surface area contributed by atoms with E-state index in [1.165, 1.54) is 38.6 Å². The third-order valence-corrected chi connectivity index (χ3v) is 5.81. The third-order valence-electron chi connectivity index (χ3n) is 5.81. The van der Waals surface area contributed by atoms with E-state index in [9.17, 15) is 0 Å². The Balaban J connectivity index is 1.73. The summed E-state index contributed by atoms with van der Waals surface area (Å²) in [6.45, 7) is 4.62. The van der Waals surface area contributed by atoms with Crippen molar-refractivity contribution in [1.29, 1.82) is 0 Å². The van der Waals surface area contributed by atoms with E-state index in [4.69, 9.17) is 5.73 Å². The summed E-state index contributed by atoms with van der Waals surface area (Å²) in [5, 5.41) is 2.40. The summed E-state index contributed by atoms with van der Waals surface area (Å²) in [5.41, 5.74) is 15.0. The lowest BCUT2D eigenvalue weighted by molar-refractivity contribution is 0.660. The van der Waals surface area contributed by atoms with Crippen LogP contribution in [-0.4, -0.2) is 0 Å². The lowest BCUT2D eigenvalue weighted by atomic mass is 9.81.